The number of rotatable bonds is 2. The van der Waals surface area contributed by atoms with Gasteiger partial charge in [-0.05, 0) is 99.0 Å². The highest BCUT2D eigenvalue weighted by molar-refractivity contribution is 7.93. The summed E-state index contributed by atoms with van der Waals surface area (Å²) >= 11 is 0. The summed E-state index contributed by atoms with van der Waals surface area (Å²) in [5, 5.41) is 19.5. The molecule has 4 saturated carbocycles. The quantitative estimate of drug-likeness (QED) is 0.426. The fourth-order valence-corrected chi connectivity index (χ4v) is 13.0. The van der Waals surface area contributed by atoms with Gasteiger partial charge in [0.15, 0.2) is 11.6 Å². The highest BCUT2D eigenvalue weighted by Crippen LogP contribution is 2.76. The molecule has 0 bridgehead atoms. The minimum Gasteiger partial charge on any atom is -0.295 e. The van der Waals surface area contributed by atoms with Crippen molar-refractivity contribution in [1.82, 2.24) is 4.72 Å². The highest BCUT2D eigenvalue weighted by Gasteiger charge is 2.73. The Morgan fingerprint density at radius 1 is 1.00 bits per heavy atom. The van der Waals surface area contributed by atoms with E-state index in [1.54, 1.807) is 7.05 Å². The number of carbonyl (C=O) groups excluding carboxylic acids is 2. The lowest BCUT2D eigenvalue weighted by Crippen LogP contribution is -2.68. The molecule has 1 N–H and O–H groups in total. The first-order valence-corrected chi connectivity index (χ1v) is 16.4. The van der Waals surface area contributed by atoms with E-state index < -0.39 is 25.5 Å². The Hall–Kier alpha value is -2.29. The van der Waals surface area contributed by atoms with Gasteiger partial charge in [-0.1, -0.05) is 46.3 Å². The molecule has 0 saturated heterocycles. The van der Waals surface area contributed by atoms with Gasteiger partial charge in [-0.3, -0.25) is 9.59 Å². The third kappa shape index (κ3) is 3.11. The standard InChI is InChI=1S/C32H42N4O3S/c1-27(2)9-13-32(40(39,35-6)36-19-34)14-10-30(5)25(21(32)17-27)22(37)15-24-28(3)16-20(18-33)26(38)31(11-12-31)23(28)7-8-29(24,30)4/h15-16,21,23,25H,7-14,17H2,1-6H3,(H,35,36,39)/t21?,23-,25+,28+,29-,30-,32+,40?/m1/s1. The van der Waals surface area contributed by atoms with E-state index >= 15 is 0 Å². The maximum atomic E-state index is 14.6. The van der Waals surface area contributed by atoms with E-state index in [0.29, 0.717) is 19.3 Å². The Kier molecular flexibility index (Phi) is 5.69. The van der Waals surface area contributed by atoms with Crippen LogP contribution in [0, 0.1) is 67.6 Å². The number of allylic oxidation sites excluding steroid dienone is 4. The summed E-state index contributed by atoms with van der Waals surface area (Å²) in [6.45, 7) is 11.2. The molecule has 4 fully saturated rings. The molecule has 0 aromatic heterocycles. The minimum atomic E-state index is -3.10. The molecule has 0 aliphatic heterocycles. The van der Waals surface area contributed by atoms with Gasteiger partial charge in [-0.25, -0.2) is 8.93 Å². The van der Waals surface area contributed by atoms with E-state index in [0.717, 1.165) is 44.1 Å². The summed E-state index contributed by atoms with van der Waals surface area (Å²) in [6.07, 6.45) is 12.7. The largest absolute Gasteiger partial charge is 0.295 e. The summed E-state index contributed by atoms with van der Waals surface area (Å²) < 4.78 is 20.7. The fraction of sp³-hybridized carbons (Fsp3) is 0.750. The van der Waals surface area contributed by atoms with Gasteiger partial charge in [0.2, 0.25) is 6.19 Å². The van der Waals surface area contributed by atoms with E-state index in [1.165, 1.54) is 0 Å². The number of nitriles is 2. The van der Waals surface area contributed by atoms with Crippen LogP contribution >= 0.6 is 0 Å². The van der Waals surface area contributed by atoms with E-state index in [2.05, 4.69) is 49.8 Å². The third-order valence-corrected chi connectivity index (χ3v) is 15.9. The van der Waals surface area contributed by atoms with E-state index in [1.807, 2.05) is 18.3 Å². The number of nitrogens with zero attached hydrogens (tertiary/aromatic N) is 3. The van der Waals surface area contributed by atoms with Crippen LogP contribution in [0.3, 0.4) is 0 Å². The van der Waals surface area contributed by atoms with Gasteiger partial charge in [0.05, 0.1) is 10.3 Å². The number of ketones is 2. The zero-order chi connectivity index (χ0) is 29.1. The van der Waals surface area contributed by atoms with Gasteiger partial charge in [-0.2, -0.15) is 10.5 Å². The second-order valence-electron chi connectivity index (χ2n) is 15.2. The maximum absolute atomic E-state index is 14.6. The molecule has 6 aliphatic rings. The molecule has 0 heterocycles. The first-order valence-electron chi connectivity index (χ1n) is 14.9. The van der Waals surface area contributed by atoms with Crippen molar-refractivity contribution < 1.29 is 13.8 Å². The second kappa shape index (κ2) is 8.17. The number of carbonyl (C=O) groups is 2. The number of Topliss-reactive ketones (excluding diaryl/α,β-unsaturated/α-hetero) is 1. The zero-order valence-electron chi connectivity index (χ0n) is 24.7. The Bertz CT molecular complexity index is 1500. The van der Waals surface area contributed by atoms with Gasteiger partial charge < -0.3 is 0 Å². The number of hydrogen-bond donors (Lipinski definition) is 1. The Labute approximate surface area is 239 Å². The highest BCUT2D eigenvalue weighted by atomic mass is 32.2. The molecular formula is C32H42N4O3S. The van der Waals surface area contributed by atoms with E-state index in [-0.39, 0.29) is 51.1 Å². The van der Waals surface area contributed by atoms with Gasteiger partial charge in [-0.15, -0.1) is 4.36 Å². The third-order valence-electron chi connectivity index (χ3n) is 13.2. The molecule has 0 radical (unpaired) electrons. The SMILES string of the molecule is CNS(=O)(=NC#N)[C@]12CCC(C)(C)CC1[C@H]1C(=O)C=C3[C@@]4(C)C=C(C#N)C(=O)C5(CC5)[C@@H]4CC[C@@]3(C)[C@]1(C)CC2. The Balaban J connectivity index is 1.55. The molecule has 8 heteroatoms. The smallest absolute Gasteiger partial charge is 0.215 e. The Morgan fingerprint density at radius 3 is 2.27 bits per heavy atom. The number of fused-ring (bicyclic) bond motifs is 8. The Morgan fingerprint density at radius 2 is 1.68 bits per heavy atom. The topological polar surface area (TPSA) is 123 Å². The lowest BCUT2D eigenvalue weighted by molar-refractivity contribution is -0.151. The van der Waals surface area contributed by atoms with Crippen LogP contribution in [0.2, 0.25) is 0 Å². The van der Waals surface area contributed by atoms with Gasteiger partial charge in [0, 0.05) is 16.7 Å². The first kappa shape index (κ1) is 27.9. The average Bonchev–Trinajstić information content (AvgIpc) is 3.69. The van der Waals surface area contributed by atoms with Gasteiger partial charge in [0.1, 0.15) is 16.0 Å². The van der Waals surface area contributed by atoms with E-state index in [4.69, 9.17) is 0 Å². The molecule has 7 nitrogen and oxygen atoms in total. The molecule has 2 unspecified atom stereocenters. The average molecular weight is 563 g/mol. The normalized spacial score (nSPS) is 45.6. The van der Waals surface area contributed by atoms with Crippen LogP contribution in [0.25, 0.3) is 0 Å². The van der Waals surface area contributed by atoms with Crippen molar-refractivity contribution in [3.05, 3.63) is 23.3 Å². The van der Waals surface area contributed by atoms with Crippen molar-refractivity contribution in [3.8, 4) is 12.3 Å². The van der Waals surface area contributed by atoms with Crippen LogP contribution in [0.4, 0.5) is 0 Å². The molecule has 8 atom stereocenters. The molecule has 1 spiro atoms. The van der Waals surface area contributed by atoms with Crippen molar-refractivity contribution in [3.63, 3.8) is 0 Å². The van der Waals surface area contributed by atoms with Gasteiger partial charge in [0.25, 0.3) is 0 Å². The second-order valence-corrected chi connectivity index (χ2v) is 17.6. The van der Waals surface area contributed by atoms with Crippen molar-refractivity contribution in [2.75, 3.05) is 7.05 Å². The molecule has 214 valence electrons. The molecule has 0 aromatic carbocycles. The van der Waals surface area contributed by atoms with Crippen LogP contribution in [-0.4, -0.2) is 27.6 Å². The molecule has 6 aliphatic carbocycles. The summed E-state index contributed by atoms with van der Waals surface area (Å²) in [4.78, 5) is 27.9. The lowest BCUT2D eigenvalue weighted by atomic mass is 9.36. The summed E-state index contributed by atoms with van der Waals surface area (Å²) in [6, 6.07) is 2.20. The van der Waals surface area contributed by atoms with Gasteiger partial charge >= 0.3 is 0 Å². The predicted octanol–water partition coefficient (Wildman–Crippen LogP) is 5.80. The molecular weight excluding hydrogens is 520 g/mol. The first-order chi connectivity index (χ1) is 18.6. The molecule has 40 heavy (non-hydrogen) atoms. The van der Waals surface area contributed by atoms with Crippen LogP contribution in [-0.2, 0) is 19.5 Å². The maximum Gasteiger partial charge on any atom is 0.215 e. The van der Waals surface area contributed by atoms with Crippen LogP contribution in [0.15, 0.2) is 27.7 Å². The van der Waals surface area contributed by atoms with Crippen molar-refractivity contribution in [2.24, 2.45) is 49.2 Å². The van der Waals surface area contributed by atoms with Crippen LogP contribution < -0.4 is 4.72 Å². The van der Waals surface area contributed by atoms with Crippen molar-refractivity contribution in [1.29, 1.82) is 10.5 Å². The molecule has 0 amide bonds. The van der Waals surface area contributed by atoms with E-state index in [9.17, 15) is 24.3 Å². The fourth-order valence-electron chi connectivity index (χ4n) is 10.8. The summed E-state index contributed by atoms with van der Waals surface area (Å²) in [7, 11) is -1.47. The van der Waals surface area contributed by atoms with Crippen LogP contribution in [0.5, 0.6) is 0 Å². The minimum absolute atomic E-state index is 0.00265. The summed E-state index contributed by atoms with van der Waals surface area (Å²) in [5.41, 5.74) is -0.358. The molecule has 0 aromatic rings. The number of nitrogens with one attached hydrogen (secondary N) is 1. The predicted molar refractivity (Wildman–Crippen MR) is 152 cm³/mol. The summed E-state index contributed by atoms with van der Waals surface area (Å²) in [5.74, 6) is -0.328. The number of hydrogen-bond acceptors (Lipinski definition) is 6. The molecule has 6 rings (SSSR count). The zero-order valence-corrected chi connectivity index (χ0v) is 25.5. The van der Waals surface area contributed by atoms with Crippen molar-refractivity contribution in [2.45, 2.75) is 97.2 Å². The van der Waals surface area contributed by atoms with Crippen molar-refractivity contribution >= 4 is 21.5 Å². The lowest BCUT2D eigenvalue weighted by Gasteiger charge is -2.68. The van der Waals surface area contributed by atoms with Crippen LogP contribution in [0.1, 0.15) is 92.4 Å². The monoisotopic (exact) mass is 562 g/mol.